The minimum absolute atomic E-state index is 0.0394. The van der Waals surface area contributed by atoms with Crippen molar-refractivity contribution < 1.29 is 13.5 Å². The Labute approximate surface area is 64.7 Å². The number of ether oxygens (including phenoxy) is 1. The van der Waals surface area contributed by atoms with E-state index in [9.17, 15) is 8.78 Å². The summed E-state index contributed by atoms with van der Waals surface area (Å²) >= 11 is 0. The van der Waals surface area contributed by atoms with E-state index in [1.807, 2.05) is 0 Å². The van der Waals surface area contributed by atoms with Crippen LogP contribution < -0.4 is 5.73 Å². The van der Waals surface area contributed by atoms with Crippen molar-refractivity contribution in [3.05, 3.63) is 0 Å². The summed E-state index contributed by atoms with van der Waals surface area (Å²) in [4.78, 5) is 0. The SMILES string of the molecule is NCC1CC(OCC(F)F)C1. The molecule has 0 spiro atoms. The van der Waals surface area contributed by atoms with Crippen LogP contribution >= 0.6 is 0 Å². The highest BCUT2D eigenvalue weighted by Gasteiger charge is 2.28. The van der Waals surface area contributed by atoms with Gasteiger partial charge in [0.1, 0.15) is 6.61 Å². The summed E-state index contributed by atoms with van der Waals surface area (Å²) in [7, 11) is 0. The van der Waals surface area contributed by atoms with Gasteiger partial charge in [-0.05, 0) is 25.3 Å². The molecule has 0 aromatic heterocycles. The summed E-state index contributed by atoms with van der Waals surface area (Å²) in [5.74, 6) is 0.498. The molecule has 1 aliphatic rings. The average molecular weight is 165 g/mol. The van der Waals surface area contributed by atoms with Crippen LogP contribution in [0.5, 0.6) is 0 Å². The molecule has 11 heavy (non-hydrogen) atoms. The maximum atomic E-state index is 11.6. The first-order chi connectivity index (χ1) is 5.22. The van der Waals surface area contributed by atoms with Crippen molar-refractivity contribution >= 4 is 0 Å². The monoisotopic (exact) mass is 165 g/mol. The molecule has 0 aromatic rings. The molecule has 0 bridgehead atoms. The van der Waals surface area contributed by atoms with Crippen LogP contribution in [0.4, 0.5) is 8.78 Å². The summed E-state index contributed by atoms with van der Waals surface area (Å²) in [5, 5.41) is 0. The van der Waals surface area contributed by atoms with Crippen molar-refractivity contribution in [2.75, 3.05) is 13.2 Å². The lowest BCUT2D eigenvalue weighted by molar-refractivity contribution is -0.0716. The van der Waals surface area contributed by atoms with Crippen molar-refractivity contribution in [2.24, 2.45) is 11.7 Å². The smallest absolute Gasteiger partial charge is 0.261 e. The van der Waals surface area contributed by atoms with Gasteiger partial charge in [-0.2, -0.15) is 0 Å². The van der Waals surface area contributed by atoms with E-state index in [2.05, 4.69) is 0 Å². The Balaban J connectivity index is 1.96. The molecule has 1 fully saturated rings. The highest BCUT2D eigenvalue weighted by Crippen LogP contribution is 2.28. The molecule has 66 valence electrons. The molecule has 0 atom stereocenters. The number of halogens is 2. The first kappa shape index (κ1) is 8.87. The zero-order valence-corrected chi connectivity index (χ0v) is 6.30. The molecule has 1 rings (SSSR count). The Bertz CT molecular complexity index is 115. The van der Waals surface area contributed by atoms with Gasteiger partial charge in [0, 0.05) is 0 Å². The van der Waals surface area contributed by atoms with E-state index in [0.717, 1.165) is 12.8 Å². The van der Waals surface area contributed by atoms with E-state index in [4.69, 9.17) is 10.5 Å². The van der Waals surface area contributed by atoms with Gasteiger partial charge in [0.05, 0.1) is 6.10 Å². The molecule has 1 saturated carbocycles. The van der Waals surface area contributed by atoms with Gasteiger partial charge >= 0.3 is 0 Å². The first-order valence-electron chi connectivity index (χ1n) is 3.82. The molecule has 2 nitrogen and oxygen atoms in total. The van der Waals surface area contributed by atoms with E-state index >= 15 is 0 Å². The van der Waals surface area contributed by atoms with Crippen LogP contribution in [-0.2, 0) is 4.74 Å². The minimum atomic E-state index is -2.34. The van der Waals surface area contributed by atoms with Crippen molar-refractivity contribution in [1.82, 2.24) is 0 Å². The normalized spacial score (nSPS) is 30.5. The second-order valence-electron chi connectivity index (χ2n) is 2.92. The lowest BCUT2D eigenvalue weighted by Crippen LogP contribution is -2.36. The van der Waals surface area contributed by atoms with Crippen LogP contribution in [0, 0.1) is 5.92 Å². The summed E-state index contributed by atoms with van der Waals surface area (Å²) in [6.07, 6.45) is -0.601. The predicted molar refractivity (Wildman–Crippen MR) is 37.5 cm³/mol. The largest absolute Gasteiger partial charge is 0.372 e. The highest BCUT2D eigenvalue weighted by molar-refractivity contribution is 4.80. The molecule has 0 unspecified atom stereocenters. The third-order valence-electron chi connectivity index (χ3n) is 1.98. The molecule has 0 heterocycles. The van der Waals surface area contributed by atoms with E-state index in [0.29, 0.717) is 12.5 Å². The zero-order valence-electron chi connectivity index (χ0n) is 6.30. The van der Waals surface area contributed by atoms with E-state index in [-0.39, 0.29) is 6.10 Å². The van der Waals surface area contributed by atoms with Gasteiger partial charge in [-0.25, -0.2) is 8.78 Å². The lowest BCUT2D eigenvalue weighted by atomic mass is 9.82. The molecule has 0 aliphatic heterocycles. The lowest BCUT2D eigenvalue weighted by Gasteiger charge is -2.34. The van der Waals surface area contributed by atoms with E-state index in [1.165, 1.54) is 0 Å². The average Bonchev–Trinajstić information content (AvgIpc) is 1.84. The first-order valence-corrected chi connectivity index (χ1v) is 3.82. The number of hydrogen-bond donors (Lipinski definition) is 1. The van der Waals surface area contributed by atoms with Gasteiger partial charge in [0.15, 0.2) is 0 Å². The third-order valence-corrected chi connectivity index (χ3v) is 1.98. The fourth-order valence-electron chi connectivity index (χ4n) is 1.21. The standard InChI is InChI=1S/C7H13F2NO/c8-7(9)4-11-6-1-5(2-6)3-10/h5-7H,1-4,10H2. The predicted octanol–water partition coefficient (Wildman–Crippen LogP) is 1.01. The van der Waals surface area contributed by atoms with Gasteiger partial charge < -0.3 is 10.5 Å². The van der Waals surface area contributed by atoms with E-state index < -0.39 is 13.0 Å². The van der Waals surface area contributed by atoms with Crippen molar-refractivity contribution in [1.29, 1.82) is 0 Å². The topological polar surface area (TPSA) is 35.2 Å². The zero-order chi connectivity index (χ0) is 8.27. The van der Waals surface area contributed by atoms with Crippen LogP contribution in [0.1, 0.15) is 12.8 Å². The number of rotatable bonds is 4. The Morgan fingerprint density at radius 2 is 2.09 bits per heavy atom. The number of nitrogens with two attached hydrogens (primary N) is 1. The quantitative estimate of drug-likeness (QED) is 0.674. The highest BCUT2D eigenvalue weighted by atomic mass is 19.3. The van der Waals surface area contributed by atoms with Gasteiger partial charge in [0.25, 0.3) is 6.43 Å². The molecule has 0 radical (unpaired) electrons. The second-order valence-corrected chi connectivity index (χ2v) is 2.92. The summed E-state index contributed by atoms with van der Waals surface area (Å²) < 4.78 is 28.0. The Hall–Kier alpha value is -0.220. The number of alkyl halides is 2. The van der Waals surface area contributed by atoms with Crippen LogP contribution in [0.2, 0.25) is 0 Å². The molecular formula is C7H13F2NO. The third kappa shape index (κ3) is 2.71. The Morgan fingerprint density at radius 1 is 1.45 bits per heavy atom. The molecule has 1 aliphatic carbocycles. The van der Waals surface area contributed by atoms with Gasteiger partial charge in [0.2, 0.25) is 0 Å². The van der Waals surface area contributed by atoms with Gasteiger partial charge in [-0.15, -0.1) is 0 Å². The maximum absolute atomic E-state index is 11.6. The maximum Gasteiger partial charge on any atom is 0.261 e. The Morgan fingerprint density at radius 3 is 2.55 bits per heavy atom. The molecule has 4 heteroatoms. The Kier molecular flexibility index (Phi) is 3.20. The van der Waals surface area contributed by atoms with Crippen LogP contribution in [0.3, 0.4) is 0 Å². The van der Waals surface area contributed by atoms with Gasteiger partial charge in [-0.3, -0.25) is 0 Å². The second kappa shape index (κ2) is 3.97. The molecule has 0 aromatic carbocycles. The van der Waals surface area contributed by atoms with Crippen molar-refractivity contribution in [3.8, 4) is 0 Å². The molecular weight excluding hydrogens is 152 g/mol. The fraction of sp³-hybridized carbons (Fsp3) is 1.00. The van der Waals surface area contributed by atoms with E-state index in [1.54, 1.807) is 0 Å². The van der Waals surface area contributed by atoms with Crippen molar-refractivity contribution in [3.63, 3.8) is 0 Å². The minimum Gasteiger partial charge on any atom is -0.372 e. The summed E-state index contributed by atoms with van der Waals surface area (Å²) in [5.41, 5.74) is 5.35. The summed E-state index contributed by atoms with van der Waals surface area (Å²) in [6.45, 7) is 0.219. The van der Waals surface area contributed by atoms with Crippen LogP contribution in [0.25, 0.3) is 0 Å². The van der Waals surface area contributed by atoms with Gasteiger partial charge in [-0.1, -0.05) is 0 Å². The van der Waals surface area contributed by atoms with Crippen LogP contribution in [0.15, 0.2) is 0 Å². The molecule has 0 saturated heterocycles. The summed E-state index contributed by atoms with van der Waals surface area (Å²) in [6, 6.07) is 0. The van der Waals surface area contributed by atoms with Crippen molar-refractivity contribution in [2.45, 2.75) is 25.4 Å². The fourth-order valence-corrected chi connectivity index (χ4v) is 1.21. The molecule has 2 N–H and O–H groups in total. The van der Waals surface area contributed by atoms with Crippen LogP contribution in [-0.4, -0.2) is 25.7 Å². The number of hydrogen-bond acceptors (Lipinski definition) is 2. The molecule has 0 amide bonds.